The van der Waals surface area contributed by atoms with Crippen LogP contribution in [0.3, 0.4) is 0 Å². The van der Waals surface area contributed by atoms with Crippen molar-refractivity contribution in [2.45, 2.75) is 9.92 Å². The van der Waals surface area contributed by atoms with Gasteiger partial charge in [0.25, 0.3) is 5.91 Å². The Balaban J connectivity index is 1.72. The number of carbonyl (C=O) groups excluding carboxylic acids is 1. The minimum Gasteiger partial charge on any atom is -0.495 e. The van der Waals surface area contributed by atoms with Gasteiger partial charge in [-0.2, -0.15) is 0 Å². The molecule has 0 atom stereocenters. The normalized spacial score (nSPS) is 10.3. The fraction of sp³-hybridized carbons (Fsp3) is 0.0526. The molecule has 2 aromatic carbocycles. The molecule has 0 unspecified atom stereocenters. The molecule has 0 aliphatic rings. The van der Waals surface area contributed by atoms with Gasteiger partial charge in [-0.1, -0.05) is 33.8 Å². The van der Waals surface area contributed by atoms with Crippen LogP contribution in [0.4, 0.5) is 5.69 Å². The van der Waals surface area contributed by atoms with Crippen molar-refractivity contribution >= 4 is 39.3 Å². The van der Waals surface area contributed by atoms with E-state index in [0.29, 0.717) is 17.0 Å². The summed E-state index contributed by atoms with van der Waals surface area (Å²) < 4.78 is 6.14. The molecular formula is C19H15BrN2O2S. The first-order valence-corrected chi connectivity index (χ1v) is 9.10. The predicted molar refractivity (Wildman–Crippen MR) is 103 cm³/mol. The second kappa shape index (κ2) is 8.18. The van der Waals surface area contributed by atoms with Gasteiger partial charge < -0.3 is 10.1 Å². The standard InChI is InChI=1S/C19H15BrN2O2S/c1-24-17-10-7-14(20)12-16(17)22-19(23)13-5-8-15(9-6-13)25-18-4-2-3-11-21-18/h2-12H,1H3,(H,22,23). The molecule has 0 bridgehead atoms. The van der Waals surface area contributed by atoms with Crippen LogP contribution in [0, 0.1) is 0 Å². The van der Waals surface area contributed by atoms with Crippen LogP contribution in [0.25, 0.3) is 0 Å². The minimum atomic E-state index is -0.189. The summed E-state index contributed by atoms with van der Waals surface area (Å²) >= 11 is 4.95. The molecule has 25 heavy (non-hydrogen) atoms. The first kappa shape index (κ1) is 17.5. The summed E-state index contributed by atoms with van der Waals surface area (Å²) in [5.41, 5.74) is 1.20. The van der Waals surface area contributed by atoms with E-state index in [-0.39, 0.29) is 5.91 Å². The van der Waals surface area contributed by atoms with Crippen LogP contribution in [-0.4, -0.2) is 18.0 Å². The number of halogens is 1. The number of carbonyl (C=O) groups is 1. The van der Waals surface area contributed by atoms with E-state index in [1.165, 1.54) is 0 Å². The monoisotopic (exact) mass is 414 g/mol. The summed E-state index contributed by atoms with van der Waals surface area (Å²) in [4.78, 5) is 17.8. The van der Waals surface area contributed by atoms with Crippen molar-refractivity contribution in [2.75, 3.05) is 12.4 Å². The highest BCUT2D eigenvalue weighted by Crippen LogP contribution is 2.29. The molecule has 1 N–H and O–H groups in total. The van der Waals surface area contributed by atoms with Gasteiger partial charge in [-0.3, -0.25) is 4.79 Å². The Kier molecular flexibility index (Phi) is 5.73. The van der Waals surface area contributed by atoms with Crippen LogP contribution < -0.4 is 10.1 Å². The zero-order chi connectivity index (χ0) is 17.6. The number of rotatable bonds is 5. The molecule has 1 aromatic heterocycles. The Hall–Kier alpha value is -2.31. The molecule has 0 aliphatic heterocycles. The molecule has 126 valence electrons. The van der Waals surface area contributed by atoms with E-state index < -0.39 is 0 Å². The zero-order valence-corrected chi connectivity index (χ0v) is 15.8. The number of anilines is 1. The van der Waals surface area contributed by atoms with Crippen molar-refractivity contribution in [3.63, 3.8) is 0 Å². The molecule has 0 spiro atoms. The Morgan fingerprint density at radius 1 is 1.12 bits per heavy atom. The number of aromatic nitrogens is 1. The maximum absolute atomic E-state index is 12.5. The van der Waals surface area contributed by atoms with E-state index in [1.807, 2.05) is 42.5 Å². The topological polar surface area (TPSA) is 51.2 Å². The SMILES string of the molecule is COc1ccc(Br)cc1NC(=O)c1ccc(Sc2ccccn2)cc1. The van der Waals surface area contributed by atoms with Gasteiger partial charge in [-0.15, -0.1) is 0 Å². The number of ether oxygens (including phenoxy) is 1. The third-order valence-electron chi connectivity index (χ3n) is 3.39. The van der Waals surface area contributed by atoms with E-state index in [2.05, 4.69) is 26.2 Å². The zero-order valence-electron chi connectivity index (χ0n) is 13.4. The van der Waals surface area contributed by atoms with Gasteiger partial charge in [0.2, 0.25) is 0 Å². The Morgan fingerprint density at radius 2 is 1.92 bits per heavy atom. The van der Waals surface area contributed by atoms with Crippen molar-refractivity contribution in [2.24, 2.45) is 0 Å². The average molecular weight is 415 g/mol. The number of pyridine rings is 1. The van der Waals surface area contributed by atoms with Crippen LogP contribution in [0.2, 0.25) is 0 Å². The van der Waals surface area contributed by atoms with Gasteiger partial charge in [0.15, 0.2) is 0 Å². The van der Waals surface area contributed by atoms with E-state index in [1.54, 1.807) is 43.3 Å². The molecule has 3 rings (SSSR count). The van der Waals surface area contributed by atoms with Gasteiger partial charge in [0.1, 0.15) is 10.8 Å². The van der Waals surface area contributed by atoms with Crippen LogP contribution >= 0.6 is 27.7 Å². The minimum absolute atomic E-state index is 0.189. The molecule has 0 saturated carbocycles. The molecule has 1 heterocycles. The summed E-state index contributed by atoms with van der Waals surface area (Å²) in [6.07, 6.45) is 1.76. The van der Waals surface area contributed by atoms with E-state index in [9.17, 15) is 4.79 Å². The number of amides is 1. The van der Waals surface area contributed by atoms with E-state index in [0.717, 1.165) is 14.4 Å². The Labute approximate surface area is 158 Å². The first-order chi connectivity index (χ1) is 12.2. The predicted octanol–water partition coefficient (Wildman–Crippen LogP) is 5.26. The maximum atomic E-state index is 12.5. The molecular weight excluding hydrogens is 400 g/mol. The van der Waals surface area contributed by atoms with E-state index in [4.69, 9.17) is 4.74 Å². The number of nitrogens with zero attached hydrogens (tertiary/aromatic N) is 1. The van der Waals surface area contributed by atoms with Gasteiger partial charge in [0.05, 0.1) is 12.8 Å². The van der Waals surface area contributed by atoms with Crippen LogP contribution in [0.5, 0.6) is 5.75 Å². The lowest BCUT2D eigenvalue weighted by atomic mass is 10.2. The number of nitrogens with one attached hydrogen (secondary N) is 1. The highest BCUT2D eigenvalue weighted by atomic mass is 79.9. The van der Waals surface area contributed by atoms with Crippen molar-refractivity contribution in [1.29, 1.82) is 0 Å². The average Bonchev–Trinajstić information content (AvgIpc) is 2.63. The number of hydrogen-bond acceptors (Lipinski definition) is 4. The molecule has 6 heteroatoms. The van der Waals surface area contributed by atoms with E-state index >= 15 is 0 Å². The Bertz CT molecular complexity index is 870. The van der Waals surface area contributed by atoms with Crippen molar-refractivity contribution in [3.05, 3.63) is 76.9 Å². The maximum Gasteiger partial charge on any atom is 0.255 e. The fourth-order valence-corrected chi connectivity index (χ4v) is 3.31. The largest absolute Gasteiger partial charge is 0.495 e. The summed E-state index contributed by atoms with van der Waals surface area (Å²) in [5, 5.41) is 3.79. The van der Waals surface area contributed by atoms with Crippen molar-refractivity contribution < 1.29 is 9.53 Å². The van der Waals surface area contributed by atoms with Gasteiger partial charge >= 0.3 is 0 Å². The molecule has 4 nitrogen and oxygen atoms in total. The Morgan fingerprint density at radius 3 is 2.60 bits per heavy atom. The summed E-state index contributed by atoms with van der Waals surface area (Å²) in [7, 11) is 1.57. The van der Waals surface area contributed by atoms with Gasteiger partial charge in [-0.25, -0.2) is 4.98 Å². The van der Waals surface area contributed by atoms with Crippen molar-refractivity contribution in [3.8, 4) is 5.75 Å². The quantitative estimate of drug-likeness (QED) is 0.618. The molecule has 0 fully saturated rings. The summed E-state index contributed by atoms with van der Waals surface area (Å²) in [5.74, 6) is 0.421. The second-order valence-electron chi connectivity index (χ2n) is 5.09. The van der Waals surface area contributed by atoms with Crippen LogP contribution in [-0.2, 0) is 0 Å². The lowest BCUT2D eigenvalue weighted by molar-refractivity contribution is 0.102. The second-order valence-corrected chi connectivity index (χ2v) is 7.10. The van der Waals surface area contributed by atoms with Gasteiger partial charge in [-0.05, 0) is 54.6 Å². The lowest BCUT2D eigenvalue weighted by Gasteiger charge is -2.11. The number of benzene rings is 2. The van der Waals surface area contributed by atoms with Crippen molar-refractivity contribution in [1.82, 2.24) is 4.98 Å². The lowest BCUT2D eigenvalue weighted by Crippen LogP contribution is -2.12. The molecule has 3 aromatic rings. The molecule has 0 saturated heterocycles. The smallest absolute Gasteiger partial charge is 0.255 e. The third kappa shape index (κ3) is 4.61. The summed E-state index contributed by atoms with van der Waals surface area (Å²) in [6, 6.07) is 18.7. The van der Waals surface area contributed by atoms with Crippen LogP contribution in [0.15, 0.2) is 81.3 Å². The van der Waals surface area contributed by atoms with Crippen LogP contribution in [0.1, 0.15) is 10.4 Å². The number of hydrogen-bond donors (Lipinski definition) is 1. The third-order valence-corrected chi connectivity index (χ3v) is 4.84. The molecule has 0 aliphatic carbocycles. The molecule has 0 radical (unpaired) electrons. The summed E-state index contributed by atoms with van der Waals surface area (Å²) in [6.45, 7) is 0. The highest BCUT2D eigenvalue weighted by Gasteiger charge is 2.10. The highest BCUT2D eigenvalue weighted by molar-refractivity contribution is 9.10. The first-order valence-electron chi connectivity index (χ1n) is 7.49. The number of methoxy groups -OCH3 is 1. The van der Waals surface area contributed by atoms with Gasteiger partial charge in [0, 0.05) is 21.1 Å². The fourth-order valence-electron chi connectivity index (χ4n) is 2.17. The molecule has 1 amide bonds.